The molecule has 5 nitrogen and oxygen atoms in total. The fourth-order valence-corrected chi connectivity index (χ4v) is 1.90. The van der Waals surface area contributed by atoms with Crippen LogP contribution in [0.3, 0.4) is 0 Å². The first kappa shape index (κ1) is 11.3. The smallest absolute Gasteiger partial charge is 0.322 e. The van der Waals surface area contributed by atoms with Crippen LogP contribution in [0.15, 0.2) is 53.3 Å². The van der Waals surface area contributed by atoms with Crippen LogP contribution in [-0.4, -0.2) is 15.9 Å². The lowest BCUT2D eigenvalue weighted by molar-refractivity contribution is 0.102. The van der Waals surface area contributed by atoms with Gasteiger partial charge in [-0.2, -0.15) is 0 Å². The molecule has 3 aromatic rings. The van der Waals surface area contributed by atoms with E-state index in [9.17, 15) is 9.59 Å². The van der Waals surface area contributed by atoms with Gasteiger partial charge in [0.05, 0.1) is 11.0 Å². The van der Waals surface area contributed by atoms with Crippen LogP contribution in [0.2, 0.25) is 0 Å². The zero-order chi connectivity index (χ0) is 13.2. The minimum atomic E-state index is -0.262. The van der Waals surface area contributed by atoms with E-state index in [1.807, 2.05) is 18.2 Å². The van der Waals surface area contributed by atoms with Crippen LogP contribution in [-0.2, 0) is 0 Å². The highest BCUT2D eigenvalue weighted by molar-refractivity contribution is 6.04. The van der Waals surface area contributed by atoms with E-state index in [2.05, 4.69) is 15.3 Å². The van der Waals surface area contributed by atoms with E-state index in [0.29, 0.717) is 22.3 Å². The Balaban J connectivity index is 1.89. The molecule has 1 heterocycles. The number of aromatic amines is 2. The Morgan fingerprint density at radius 2 is 1.68 bits per heavy atom. The maximum atomic E-state index is 12.0. The van der Waals surface area contributed by atoms with Gasteiger partial charge >= 0.3 is 5.69 Å². The number of rotatable bonds is 2. The maximum absolute atomic E-state index is 12.0. The SMILES string of the molecule is O=C(Nc1ccc2[nH]c(=O)[nH]c2c1)c1ccccc1. The predicted octanol–water partition coefficient (Wildman–Crippen LogP) is 2.11. The molecule has 0 aliphatic rings. The molecule has 3 N–H and O–H groups in total. The van der Waals surface area contributed by atoms with Gasteiger partial charge in [-0.3, -0.25) is 4.79 Å². The fourth-order valence-electron chi connectivity index (χ4n) is 1.90. The van der Waals surface area contributed by atoms with E-state index in [-0.39, 0.29) is 11.6 Å². The summed E-state index contributed by atoms with van der Waals surface area (Å²) in [5.41, 5.74) is 2.34. The zero-order valence-electron chi connectivity index (χ0n) is 9.94. The quantitative estimate of drug-likeness (QED) is 0.654. The van der Waals surface area contributed by atoms with Crippen molar-refractivity contribution in [3.8, 4) is 0 Å². The summed E-state index contributed by atoms with van der Waals surface area (Å²) in [6.07, 6.45) is 0. The van der Waals surface area contributed by atoms with Crippen molar-refractivity contribution in [1.82, 2.24) is 9.97 Å². The van der Waals surface area contributed by atoms with Crippen molar-refractivity contribution in [1.29, 1.82) is 0 Å². The third-order valence-electron chi connectivity index (χ3n) is 2.81. The van der Waals surface area contributed by atoms with Crippen LogP contribution < -0.4 is 11.0 Å². The molecule has 2 aromatic carbocycles. The molecule has 0 unspecified atom stereocenters. The van der Waals surface area contributed by atoms with Gasteiger partial charge in [0.1, 0.15) is 0 Å². The maximum Gasteiger partial charge on any atom is 0.323 e. The summed E-state index contributed by atoms with van der Waals surface area (Å²) in [6, 6.07) is 14.2. The van der Waals surface area contributed by atoms with Crippen LogP contribution >= 0.6 is 0 Å². The summed E-state index contributed by atoms with van der Waals surface area (Å²) >= 11 is 0. The van der Waals surface area contributed by atoms with Crippen molar-refractivity contribution < 1.29 is 4.79 Å². The normalized spacial score (nSPS) is 10.5. The van der Waals surface area contributed by atoms with Crippen molar-refractivity contribution in [3.63, 3.8) is 0 Å². The van der Waals surface area contributed by atoms with E-state index in [1.165, 1.54) is 0 Å². The number of nitrogens with one attached hydrogen (secondary N) is 3. The first-order chi connectivity index (χ1) is 9.22. The molecular weight excluding hydrogens is 242 g/mol. The molecular formula is C14H11N3O2. The monoisotopic (exact) mass is 253 g/mol. The van der Waals surface area contributed by atoms with Gasteiger partial charge in [-0.1, -0.05) is 18.2 Å². The van der Waals surface area contributed by atoms with Crippen molar-refractivity contribution in [2.45, 2.75) is 0 Å². The predicted molar refractivity (Wildman–Crippen MR) is 73.3 cm³/mol. The van der Waals surface area contributed by atoms with Crippen LogP contribution in [0.4, 0.5) is 5.69 Å². The minimum absolute atomic E-state index is 0.183. The number of hydrogen-bond acceptors (Lipinski definition) is 2. The number of fused-ring (bicyclic) bond motifs is 1. The summed E-state index contributed by atoms with van der Waals surface area (Å²) in [7, 11) is 0. The Kier molecular flexibility index (Phi) is 2.64. The molecule has 0 spiro atoms. The first-order valence-corrected chi connectivity index (χ1v) is 5.81. The summed E-state index contributed by atoms with van der Waals surface area (Å²) in [6.45, 7) is 0. The molecule has 1 amide bonds. The molecule has 0 bridgehead atoms. The molecule has 0 atom stereocenters. The standard InChI is InChI=1S/C14H11N3O2/c18-13(9-4-2-1-3-5-9)15-10-6-7-11-12(8-10)17-14(19)16-11/h1-8H,(H,15,18)(H2,16,17,19). The van der Waals surface area contributed by atoms with Gasteiger partial charge in [-0.25, -0.2) is 4.79 Å². The Morgan fingerprint density at radius 3 is 2.47 bits per heavy atom. The summed E-state index contributed by atoms with van der Waals surface area (Å²) in [5, 5.41) is 2.78. The minimum Gasteiger partial charge on any atom is -0.322 e. The van der Waals surface area contributed by atoms with Crippen molar-refractivity contribution in [2.75, 3.05) is 5.32 Å². The van der Waals surface area contributed by atoms with Gasteiger partial charge in [0, 0.05) is 11.3 Å². The number of carbonyl (C=O) groups excluding carboxylic acids is 1. The van der Waals surface area contributed by atoms with Gasteiger partial charge in [-0.05, 0) is 30.3 Å². The number of hydrogen-bond donors (Lipinski definition) is 3. The molecule has 1 aromatic heterocycles. The number of H-pyrrole nitrogens is 2. The van der Waals surface area contributed by atoms with Crippen LogP contribution in [0.25, 0.3) is 11.0 Å². The fraction of sp³-hybridized carbons (Fsp3) is 0. The molecule has 94 valence electrons. The highest BCUT2D eigenvalue weighted by Crippen LogP contribution is 2.15. The highest BCUT2D eigenvalue weighted by atomic mass is 16.1. The Labute approximate surface area is 108 Å². The van der Waals surface area contributed by atoms with Gasteiger partial charge in [-0.15, -0.1) is 0 Å². The molecule has 0 saturated heterocycles. The van der Waals surface area contributed by atoms with Gasteiger partial charge in [0.2, 0.25) is 0 Å². The van der Waals surface area contributed by atoms with Crippen LogP contribution in [0, 0.1) is 0 Å². The summed E-state index contributed by atoms with van der Waals surface area (Å²) in [4.78, 5) is 28.4. The Hall–Kier alpha value is -2.82. The second kappa shape index (κ2) is 4.45. The Bertz CT molecular complexity index is 787. The van der Waals surface area contributed by atoms with Crippen molar-refractivity contribution >= 4 is 22.6 Å². The van der Waals surface area contributed by atoms with E-state index in [4.69, 9.17) is 0 Å². The molecule has 0 aliphatic heterocycles. The van der Waals surface area contributed by atoms with Crippen LogP contribution in [0.1, 0.15) is 10.4 Å². The third-order valence-corrected chi connectivity index (χ3v) is 2.81. The van der Waals surface area contributed by atoms with E-state index in [0.717, 1.165) is 0 Å². The van der Waals surface area contributed by atoms with Crippen molar-refractivity contribution in [2.24, 2.45) is 0 Å². The third kappa shape index (κ3) is 2.26. The highest BCUT2D eigenvalue weighted by Gasteiger charge is 2.06. The number of benzene rings is 2. The largest absolute Gasteiger partial charge is 0.323 e. The average Bonchev–Trinajstić information content (AvgIpc) is 2.79. The molecule has 0 aliphatic carbocycles. The molecule has 5 heteroatoms. The number of carbonyl (C=O) groups is 1. The topological polar surface area (TPSA) is 77.8 Å². The second-order valence-corrected chi connectivity index (χ2v) is 4.16. The number of amides is 1. The number of anilines is 1. The van der Waals surface area contributed by atoms with E-state index in [1.54, 1.807) is 30.3 Å². The number of imidazole rings is 1. The Morgan fingerprint density at radius 1 is 0.947 bits per heavy atom. The zero-order valence-corrected chi connectivity index (χ0v) is 9.94. The lowest BCUT2D eigenvalue weighted by Gasteiger charge is -2.04. The molecule has 0 radical (unpaired) electrons. The van der Waals surface area contributed by atoms with Gasteiger partial charge < -0.3 is 15.3 Å². The molecule has 0 fully saturated rings. The first-order valence-electron chi connectivity index (χ1n) is 5.81. The lowest BCUT2D eigenvalue weighted by atomic mass is 10.2. The van der Waals surface area contributed by atoms with Gasteiger partial charge in [0.15, 0.2) is 0 Å². The number of aromatic nitrogens is 2. The summed E-state index contributed by atoms with van der Waals surface area (Å²) < 4.78 is 0. The van der Waals surface area contributed by atoms with E-state index >= 15 is 0 Å². The molecule has 0 saturated carbocycles. The summed E-state index contributed by atoms with van der Waals surface area (Å²) in [5.74, 6) is -0.183. The lowest BCUT2D eigenvalue weighted by Crippen LogP contribution is -2.11. The second-order valence-electron chi connectivity index (χ2n) is 4.16. The molecule has 19 heavy (non-hydrogen) atoms. The molecule has 3 rings (SSSR count). The van der Waals surface area contributed by atoms with Crippen molar-refractivity contribution in [3.05, 3.63) is 64.6 Å². The average molecular weight is 253 g/mol. The van der Waals surface area contributed by atoms with Gasteiger partial charge in [0.25, 0.3) is 5.91 Å². The van der Waals surface area contributed by atoms with Crippen LogP contribution in [0.5, 0.6) is 0 Å². The van der Waals surface area contributed by atoms with E-state index < -0.39 is 0 Å².